The highest BCUT2D eigenvalue weighted by Crippen LogP contribution is 2.40. The van der Waals surface area contributed by atoms with Gasteiger partial charge in [0.25, 0.3) is 0 Å². The van der Waals surface area contributed by atoms with E-state index >= 15 is 0 Å². The molecule has 2 saturated heterocycles. The lowest BCUT2D eigenvalue weighted by Crippen LogP contribution is -2.31. The highest BCUT2D eigenvalue weighted by atomic mass is 16.6. The van der Waals surface area contributed by atoms with E-state index in [1.54, 1.807) is 0 Å². The lowest BCUT2D eigenvalue weighted by Gasteiger charge is -2.31. The summed E-state index contributed by atoms with van der Waals surface area (Å²) in [5.74, 6) is 0. The third-order valence-electron chi connectivity index (χ3n) is 2.75. The number of epoxide rings is 1. The largest absolute Gasteiger partial charge is 0.381 e. The molecule has 0 aromatic rings. The van der Waals surface area contributed by atoms with Crippen LogP contribution in [0.25, 0.3) is 0 Å². The molecule has 0 radical (unpaired) electrons. The average molecular weight is 142 g/mol. The van der Waals surface area contributed by atoms with E-state index in [4.69, 9.17) is 9.47 Å². The molecule has 0 bridgehead atoms. The van der Waals surface area contributed by atoms with E-state index in [1.807, 2.05) is 0 Å². The lowest BCUT2D eigenvalue weighted by molar-refractivity contribution is 0.00984. The van der Waals surface area contributed by atoms with Gasteiger partial charge in [0, 0.05) is 18.6 Å². The van der Waals surface area contributed by atoms with Crippen LogP contribution in [0.2, 0.25) is 0 Å². The first-order chi connectivity index (χ1) is 4.81. The molecule has 0 aromatic heterocycles. The predicted molar refractivity (Wildman–Crippen MR) is 37.9 cm³/mol. The zero-order valence-electron chi connectivity index (χ0n) is 6.43. The predicted octanol–water partition coefficient (Wildman–Crippen LogP) is 1.20. The van der Waals surface area contributed by atoms with Gasteiger partial charge in [0.2, 0.25) is 0 Å². The fourth-order valence-electron chi connectivity index (χ4n) is 1.61. The fourth-order valence-corrected chi connectivity index (χ4v) is 1.61. The Labute approximate surface area is 61.5 Å². The monoisotopic (exact) mass is 142 g/mol. The summed E-state index contributed by atoms with van der Waals surface area (Å²) in [6.07, 6.45) is 2.91. The van der Waals surface area contributed by atoms with Gasteiger partial charge in [-0.05, 0) is 12.8 Å². The summed E-state index contributed by atoms with van der Waals surface area (Å²) in [6, 6.07) is 0. The average Bonchev–Trinajstić information content (AvgIpc) is 2.69. The van der Waals surface area contributed by atoms with Crippen LogP contribution in [0, 0.1) is 5.41 Å². The normalized spacial score (nSPS) is 37.5. The van der Waals surface area contributed by atoms with Crippen LogP contribution in [0.5, 0.6) is 0 Å². The minimum absolute atomic E-state index is 0.443. The first-order valence-corrected chi connectivity index (χ1v) is 4.01. The van der Waals surface area contributed by atoms with Gasteiger partial charge in [0.05, 0.1) is 12.7 Å². The van der Waals surface area contributed by atoms with Crippen molar-refractivity contribution in [3.05, 3.63) is 0 Å². The van der Waals surface area contributed by atoms with Gasteiger partial charge in [0.15, 0.2) is 0 Å². The van der Waals surface area contributed by atoms with E-state index in [1.165, 1.54) is 12.8 Å². The second-order valence-corrected chi connectivity index (χ2v) is 3.59. The molecule has 2 nitrogen and oxygen atoms in total. The van der Waals surface area contributed by atoms with Crippen LogP contribution >= 0.6 is 0 Å². The molecule has 0 N–H and O–H groups in total. The molecular formula is C8H14O2. The van der Waals surface area contributed by atoms with E-state index < -0.39 is 0 Å². The summed E-state index contributed by atoms with van der Waals surface area (Å²) >= 11 is 0. The quantitative estimate of drug-likeness (QED) is 0.513. The lowest BCUT2D eigenvalue weighted by atomic mass is 9.79. The molecule has 2 aliphatic rings. The topological polar surface area (TPSA) is 21.8 Å². The van der Waals surface area contributed by atoms with Crippen LogP contribution < -0.4 is 0 Å². The molecule has 1 unspecified atom stereocenters. The molecule has 2 aliphatic heterocycles. The molecule has 1 atom stereocenters. The number of hydrogen-bond acceptors (Lipinski definition) is 2. The van der Waals surface area contributed by atoms with Gasteiger partial charge in [-0.15, -0.1) is 0 Å². The third kappa shape index (κ3) is 1.06. The maximum atomic E-state index is 5.30. The Morgan fingerprint density at radius 2 is 1.90 bits per heavy atom. The van der Waals surface area contributed by atoms with Crippen LogP contribution in [0.4, 0.5) is 0 Å². The minimum Gasteiger partial charge on any atom is -0.381 e. The van der Waals surface area contributed by atoms with E-state index in [-0.39, 0.29) is 0 Å². The van der Waals surface area contributed by atoms with Crippen LogP contribution in [-0.4, -0.2) is 25.9 Å². The van der Waals surface area contributed by atoms with Crippen molar-refractivity contribution in [1.82, 2.24) is 0 Å². The maximum absolute atomic E-state index is 5.30. The Kier molecular flexibility index (Phi) is 1.46. The number of hydrogen-bond donors (Lipinski definition) is 0. The van der Waals surface area contributed by atoms with Gasteiger partial charge < -0.3 is 9.47 Å². The van der Waals surface area contributed by atoms with Crippen LogP contribution in [-0.2, 0) is 9.47 Å². The van der Waals surface area contributed by atoms with E-state index in [0.717, 1.165) is 19.8 Å². The standard InChI is InChI=1S/C8H14O2/c1-8(7-6-10-7)2-4-9-5-3-8/h7H,2-6H2,1H3. The fraction of sp³-hybridized carbons (Fsp3) is 1.00. The van der Waals surface area contributed by atoms with Crippen LogP contribution in [0.3, 0.4) is 0 Å². The Bertz CT molecular complexity index is 123. The van der Waals surface area contributed by atoms with Gasteiger partial charge >= 0.3 is 0 Å². The Balaban J connectivity index is 1.97. The summed E-state index contributed by atoms with van der Waals surface area (Å²) in [5, 5.41) is 0. The van der Waals surface area contributed by atoms with Crippen molar-refractivity contribution in [3.63, 3.8) is 0 Å². The zero-order valence-corrected chi connectivity index (χ0v) is 6.43. The van der Waals surface area contributed by atoms with E-state index in [9.17, 15) is 0 Å². The second kappa shape index (κ2) is 2.21. The molecule has 10 heavy (non-hydrogen) atoms. The molecule has 0 spiro atoms. The number of rotatable bonds is 1. The maximum Gasteiger partial charge on any atom is 0.0865 e. The highest BCUT2D eigenvalue weighted by molar-refractivity contribution is 4.91. The molecule has 0 aromatic carbocycles. The summed E-state index contributed by atoms with van der Waals surface area (Å²) in [5.41, 5.74) is 0.443. The zero-order chi connectivity index (χ0) is 7.03. The summed E-state index contributed by atoms with van der Waals surface area (Å²) < 4.78 is 10.6. The molecule has 0 saturated carbocycles. The van der Waals surface area contributed by atoms with Crippen molar-refractivity contribution in [1.29, 1.82) is 0 Å². The van der Waals surface area contributed by atoms with Gasteiger partial charge in [-0.2, -0.15) is 0 Å². The third-order valence-corrected chi connectivity index (χ3v) is 2.75. The Hall–Kier alpha value is -0.0800. The summed E-state index contributed by atoms with van der Waals surface area (Å²) in [7, 11) is 0. The van der Waals surface area contributed by atoms with E-state index in [2.05, 4.69) is 6.92 Å². The molecule has 58 valence electrons. The first-order valence-electron chi connectivity index (χ1n) is 4.01. The summed E-state index contributed by atoms with van der Waals surface area (Å²) in [6.45, 7) is 5.15. The van der Waals surface area contributed by atoms with Crippen LogP contribution in [0.15, 0.2) is 0 Å². The molecule has 2 fully saturated rings. The van der Waals surface area contributed by atoms with Gasteiger partial charge in [-0.25, -0.2) is 0 Å². The Morgan fingerprint density at radius 3 is 2.40 bits per heavy atom. The molecule has 0 amide bonds. The van der Waals surface area contributed by atoms with Gasteiger partial charge in [-0.3, -0.25) is 0 Å². The molecule has 0 aliphatic carbocycles. The van der Waals surface area contributed by atoms with Crippen molar-refractivity contribution in [2.45, 2.75) is 25.9 Å². The van der Waals surface area contributed by atoms with Gasteiger partial charge in [0.1, 0.15) is 0 Å². The minimum atomic E-state index is 0.443. The summed E-state index contributed by atoms with van der Waals surface area (Å²) in [4.78, 5) is 0. The molecular weight excluding hydrogens is 128 g/mol. The SMILES string of the molecule is CC1(C2CO2)CCOCC1. The Morgan fingerprint density at radius 1 is 1.30 bits per heavy atom. The molecule has 2 rings (SSSR count). The van der Waals surface area contributed by atoms with Crippen molar-refractivity contribution < 1.29 is 9.47 Å². The van der Waals surface area contributed by atoms with Crippen molar-refractivity contribution in [2.75, 3.05) is 19.8 Å². The highest BCUT2D eigenvalue weighted by Gasteiger charge is 2.43. The first kappa shape index (κ1) is 6.62. The smallest absolute Gasteiger partial charge is 0.0865 e. The molecule has 2 heterocycles. The van der Waals surface area contributed by atoms with Crippen molar-refractivity contribution in [3.8, 4) is 0 Å². The van der Waals surface area contributed by atoms with Crippen molar-refractivity contribution >= 4 is 0 Å². The van der Waals surface area contributed by atoms with Crippen molar-refractivity contribution in [2.24, 2.45) is 5.41 Å². The van der Waals surface area contributed by atoms with Crippen LogP contribution in [0.1, 0.15) is 19.8 Å². The number of ether oxygens (including phenoxy) is 2. The second-order valence-electron chi connectivity index (χ2n) is 3.59. The molecule has 2 heteroatoms. The van der Waals surface area contributed by atoms with E-state index in [0.29, 0.717) is 11.5 Å². The van der Waals surface area contributed by atoms with Gasteiger partial charge in [-0.1, -0.05) is 6.92 Å².